The largest absolute Gasteiger partial charge is 0.326 e. The fraction of sp³-hybridized carbons (Fsp3) is 0.667. The maximum Gasteiger partial charge on any atom is 0.323 e. The van der Waals surface area contributed by atoms with Crippen molar-refractivity contribution in [2.24, 2.45) is 18.7 Å². The molecule has 1 unspecified atom stereocenters. The predicted molar refractivity (Wildman–Crippen MR) is 70.1 cm³/mol. The van der Waals surface area contributed by atoms with E-state index in [0.29, 0.717) is 18.3 Å². The van der Waals surface area contributed by atoms with Crippen molar-refractivity contribution in [1.82, 2.24) is 14.7 Å². The Labute approximate surface area is 107 Å². The standard InChI is InChI=1S/C12H21N5O/c1-9-4-3-5-17(7-9)12(18)14-11-10(6-13)8-16(2)15-11/h8-9H,3-7,13H2,1-2H3,(H,14,15,18). The van der Waals surface area contributed by atoms with Gasteiger partial charge in [0.05, 0.1) is 0 Å². The minimum atomic E-state index is -0.0741. The summed E-state index contributed by atoms with van der Waals surface area (Å²) in [4.78, 5) is 14.0. The molecule has 2 heterocycles. The van der Waals surface area contributed by atoms with Crippen molar-refractivity contribution in [3.8, 4) is 0 Å². The van der Waals surface area contributed by atoms with E-state index in [-0.39, 0.29) is 6.03 Å². The Morgan fingerprint density at radius 3 is 3.11 bits per heavy atom. The van der Waals surface area contributed by atoms with Gasteiger partial charge in [0.2, 0.25) is 0 Å². The summed E-state index contributed by atoms with van der Waals surface area (Å²) in [5.41, 5.74) is 6.48. The number of aryl methyl sites for hydroxylation is 1. The Balaban J connectivity index is 2.01. The average molecular weight is 251 g/mol. The number of likely N-dealkylation sites (tertiary alicyclic amines) is 1. The number of piperidine rings is 1. The fourth-order valence-electron chi connectivity index (χ4n) is 2.35. The number of aromatic nitrogens is 2. The number of carbonyl (C=O) groups excluding carboxylic acids is 1. The van der Waals surface area contributed by atoms with Crippen LogP contribution >= 0.6 is 0 Å². The van der Waals surface area contributed by atoms with Crippen LogP contribution in [0.25, 0.3) is 0 Å². The highest BCUT2D eigenvalue weighted by Crippen LogP contribution is 2.17. The quantitative estimate of drug-likeness (QED) is 0.827. The number of hydrogen-bond donors (Lipinski definition) is 2. The first-order valence-corrected chi connectivity index (χ1v) is 6.38. The van der Waals surface area contributed by atoms with Gasteiger partial charge in [0.1, 0.15) is 0 Å². The zero-order valence-electron chi connectivity index (χ0n) is 11.0. The molecule has 0 aliphatic carbocycles. The normalized spacial score (nSPS) is 19.9. The number of carbonyl (C=O) groups is 1. The van der Waals surface area contributed by atoms with E-state index in [4.69, 9.17) is 5.73 Å². The van der Waals surface area contributed by atoms with Gasteiger partial charge in [0, 0.05) is 38.4 Å². The highest BCUT2D eigenvalue weighted by Gasteiger charge is 2.22. The third kappa shape index (κ3) is 2.81. The maximum absolute atomic E-state index is 12.1. The van der Waals surface area contributed by atoms with E-state index in [9.17, 15) is 4.79 Å². The lowest BCUT2D eigenvalue weighted by Gasteiger charge is -2.30. The Bertz CT molecular complexity index is 428. The van der Waals surface area contributed by atoms with Gasteiger partial charge in [0.25, 0.3) is 0 Å². The first kappa shape index (κ1) is 12.9. The highest BCUT2D eigenvalue weighted by molar-refractivity contribution is 5.89. The Morgan fingerprint density at radius 2 is 2.44 bits per heavy atom. The third-order valence-electron chi connectivity index (χ3n) is 3.29. The second kappa shape index (κ2) is 5.39. The first-order valence-electron chi connectivity index (χ1n) is 6.38. The number of anilines is 1. The summed E-state index contributed by atoms with van der Waals surface area (Å²) in [5.74, 6) is 1.14. The molecule has 0 radical (unpaired) electrons. The Hall–Kier alpha value is -1.56. The molecular weight excluding hydrogens is 230 g/mol. The van der Waals surface area contributed by atoms with Gasteiger partial charge in [-0.3, -0.25) is 10.00 Å². The summed E-state index contributed by atoms with van der Waals surface area (Å²) >= 11 is 0. The molecule has 1 aromatic heterocycles. The van der Waals surface area contributed by atoms with Gasteiger partial charge in [-0.15, -0.1) is 0 Å². The van der Waals surface area contributed by atoms with Crippen LogP contribution in [-0.2, 0) is 13.6 Å². The van der Waals surface area contributed by atoms with Crippen LogP contribution in [0, 0.1) is 5.92 Å². The molecule has 6 nitrogen and oxygen atoms in total. The second-order valence-corrected chi connectivity index (χ2v) is 5.00. The molecule has 100 valence electrons. The van der Waals surface area contributed by atoms with Gasteiger partial charge >= 0.3 is 6.03 Å². The minimum absolute atomic E-state index is 0.0741. The average Bonchev–Trinajstić information content (AvgIpc) is 2.69. The SMILES string of the molecule is CC1CCCN(C(=O)Nc2nn(C)cc2CN)C1. The van der Waals surface area contributed by atoms with E-state index in [1.807, 2.05) is 18.1 Å². The minimum Gasteiger partial charge on any atom is -0.326 e. The summed E-state index contributed by atoms with van der Waals surface area (Å²) in [6, 6.07) is -0.0741. The predicted octanol–water partition coefficient (Wildman–Crippen LogP) is 1.14. The van der Waals surface area contributed by atoms with Crippen molar-refractivity contribution in [3.05, 3.63) is 11.8 Å². The summed E-state index contributed by atoms with van der Waals surface area (Å²) < 4.78 is 1.66. The van der Waals surface area contributed by atoms with Gasteiger partial charge in [0.15, 0.2) is 5.82 Å². The van der Waals surface area contributed by atoms with Crippen molar-refractivity contribution in [2.45, 2.75) is 26.3 Å². The number of urea groups is 1. The molecule has 6 heteroatoms. The molecule has 1 aromatic rings. The lowest BCUT2D eigenvalue weighted by Crippen LogP contribution is -2.41. The topological polar surface area (TPSA) is 76.2 Å². The van der Waals surface area contributed by atoms with E-state index < -0.39 is 0 Å². The molecule has 1 aliphatic rings. The fourth-order valence-corrected chi connectivity index (χ4v) is 2.35. The van der Waals surface area contributed by atoms with Crippen LogP contribution in [0.15, 0.2) is 6.20 Å². The van der Waals surface area contributed by atoms with Gasteiger partial charge in [-0.2, -0.15) is 5.10 Å². The van der Waals surface area contributed by atoms with Crippen molar-refractivity contribution in [1.29, 1.82) is 0 Å². The molecule has 2 rings (SSSR count). The Kier molecular flexibility index (Phi) is 3.86. The molecule has 18 heavy (non-hydrogen) atoms. The molecule has 0 bridgehead atoms. The zero-order valence-corrected chi connectivity index (χ0v) is 11.0. The number of nitrogens with two attached hydrogens (primary N) is 1. The van der Waals surface area contributed by atoms with E-state index in [1.54, 1.807) is 4.68 Å². The second-order valence-electron chi connectivity index (χ2n) is 5.00. The lowest BCUT2D eigenvalue weighted by molar-refractivity contribution is 0.182. The summed E-state index contributed by atoms with van der Waals surface area (Å²) in [6.45, 7) is 4.18. The van der Waals surface area contributed by atoms with E-state index >= 15 is 0 Å². The van der Waals surface area contributed by atoms with Crippen molar-refractivity contribution >= 4 is 11.8 Å². The van der Waals surface area contributed by atoms with E-state index in [2.05, 4.69) is 17.3 Å². The van der Waals surface area contributed by atoms with Gasteiger partial charge in [-0.25, -0.2) is 4.79 Å². The number of nitrogens with zero attached hydrogens (tertiary/aromatic N) is 3. The monoisotopic (exact) mass is 251 g/mol. The van der Waals surface area contributed by atoms with E-state index in [0.717, 1.165) is 25.1 Å². The molecule has 1 atom stereocenters. The molecular formula is C12H21N5O. The summed E-state index contributed by atoms with van der Waals surface area (Å²) in [6.07, 6.45) is 4.09. The van der Waals surface area contributed by atoms with Crippen LogP contribution in [0.3, 0.4) is 0 Å². The van der Waals surface area contributed by atoms with E-state index in [1.165, 1.54) is 6.42 Å². The summed E-state index contributed by atoms with van der Waals surface area (Å²) in [5, 5.41) is 7.06. The molecule has 1 aliphatic heterocycles. The smallest absolute Gasteiger partial charge is 0.323 e. The molecule has 2 amide bonds. The van der Waals surface area contributed by atoms with Crippen LogP contribution in [0.5, 0.6) is 0 Å². The zero-order chi connectivity index (χ0) is 13.1. The third-order valence-corrected chi connectivity index (χ3v) is 3.29. The van der Waals surface area contributed by atoms with Crippen molar-refractivity contribution in [2.75, 3.05) is 18.4 Å². The maximum atomic E-state index is 12.1. The van der Waals surface area contributed by atoms with Gasteiger partial charge in [-0.05, 0) is 18.8 Å². The molecule has 0 saturated carbocycles. The van der Waals surface area contributed by atoms with Crippen LogP contribution in [-0.4, -0.2) is 33.8 Å². The molecule has 0 spiro atoms. The van der Waals surface area contributed by atoms with Crippen LogP contribution in [0.4, 0.5) is 10.6 Å². The van der Waals surface area contributed by atoms with Crippen molar-refractivity contribution < 1.29 is 4.79 Å². The van der Waals surface area contributed by atoms with Crippen LogP contribution in [0.1, 0.15) is 25.3 Å². The number of hydrogen-bond acceptors (Lipinski definition) is 3. The highest BCUT2D eigenvalue weighted by atomic mass is 16.2. The van der Waals surface area contributed by atoms with Crippen LogP contribution < -0.4 is 11.1 Å². The lowest BCUT2D eigenvalue weighted by atomic mass is 10.0. The first-order chi connectivity index (χ1) is 8.60. The molecule has 1 fully saturated rings. The molecule has 3 N–H and O–H groups in total. The number of rotatable bonds is 2. The molecule has 0 aromatic carbocycles. The summed E-state index contributed by atoms with van der Waals surface area (Å²) in [7, 11) is 1.82. The van der Waals surface area contributed by atoms with Gasteiger partial charge in [-0.1, -0.05) is 6.92 Å². The number of nitrogens with one attached hydrogen (secondary N) is 1. The molecule has 1 saturated heterocycles. The van der Waals surface area contributed by atoms with Crippen LogP contribution in [0.2, 0.25) is 0 Å². The number of amides is 2. The van der Waals surface area contributed by atoms with Crippen molar-refractivity contribution in [3.63, 3.8) is 0 Å². The Morgan fingerprint density at radius 1 is 1.67 bits per heavy atom. The van der Waals surface area contributed by atoms with Gasteiger partial charge < -0.3 is 10.6 Å².